The highest BCUT2D eigenvalue weighted by Gasteiger charge is 2.43. The monoisotopic (exact) mass is 438 g/mol. The number of nitrogens with one attached hydrogen (secondary N) is 1. The van der Waals surface area contributed by atoms with Crippen LogP contribution in [0.2, 0.25) is 0 Å². The van der Waals surface area contributed by atoms with Crippen molar-refractivity contribution in [1.29, 1.82) is 5.26 Å². The maximum absolute atomic E-state index is 16.0. The molecule has 4 aromatic rings. The van der Waals surface area contributed by atoms with Crippen LogP contribution in [0.25, 0.3) is 21.5 Å². The average molecular weight is 438 g/mol. The Morgan fingerprint density at radius 2 is 1.90 bits per heavy atom. The van der Waals surface area contributed by atoms with Gasteiger partial charge in [-0.3, -0.25) is 0 Å². The summed E-state index contributed by atoms with van der Waals surface area (Å²) in [5.74, 6) is -3.32. The topological polar surface area (TPSA) is 90.7 Å². The van der Waals surface area contributed by atoms with Gasteiger partial charge < -0.3 is 9.64 Å². The largest absolute Gasteiger partial charge is 0.378 e. The van der Waals surface area contributed by atoms with E-state index < -0.39 is 5.92 Å². The molecule has 0 atom stereocenters. The first-order valence-electron chi connectivity index (χ1n) is 9.61. The van der Waals surface area contributed by atoms with Gasteiger partial charge in [-0.05, 0) is 27.3 Å². The van der Waals surface area contributed by atoms with E-state index in [1.54, 1.807) is 18.2 Å². The minimum Gasteiger partial charge on any atom is -0.378 e. The molecular weight excluding hydrogens is 422 g/mol. The molecule has 1 N–H and O–H groups in total. The summed E-state index contributed by atoms with van der Waals surface area (Å²) in [6.07, 6.45) is 0. The number of benzene rings is 2. The molecular formula is C21H16F2N6OS. The van der Waals surface area contributed by atoms with Crippen LogP contribution >= 0.6 is 11.3 Å². The SMILES string of the molecule is N#Cc1c(N2CCOCC2)sc(-c2nnn[nH]2)c1C(F)(F)c1ccc2ccccc2c1. The fourth-order valence-corrected chi connectivity index (χ4v) is 5.03. The Kier molecular flexibility index (Phi) is 4.84. The Morgan fingerprint density at radius 1 is 1.13 bits per heavy atom. The van der Waals surface area contributed by atoms with Crippen molar-refractivity contribution < 1.29 is 13.5 Å². The Labute approximate surface area is 179 Å². The Morgan fingerprint density at radius 3 is 2.61 bits per heavy atom. The number of halogens is 2. The minimum atomic E-state index is -3.43. The van der Waals surface area contributed by atoms with E-state index in [1.165, 1.54) is 12.1 Å². The summed E-state index contributed by atoms with van der Waals surface area (Å²) in [5.41, 5.74) is -0.630. The molecule has 1 aliphatic rings. The van der Waals surface area contributed by atoms with Crippen molar-refractivity contribution in [3.63, 3.8) is 0 Å². The maximum atomic E-state index is 16.0. The summed E-state index contributed by atoms with van der Waals surface area (Å²) in [6, 6.07) is 13.9. The normalized spacial score (nSPS) is 14.7. The molecule has 0 aliphatic carbocycles. The standard InChI is InChI=1S/C21H16F2N6OS/c22-21(23,15-6-5-13-3-1-2-4-14(13)11-15)17-16(12-24)20(29-7-9-30-10-8-29)31-18(17)19-25-27-28-26-19/h1-6,11H,7-10H2,(H,25,26,27,28). The Balaban J connectivity index is 1.72. The van der Waals surface area contributed by atoms with Gasteiger partial charge in [-0.1, -0.05) is 36.4 Å². The van der Waals surface area contributed by atoms with Crippen molar-refractivity contribution in [2.45, 2.75) is 5.92 Å². The van der Waals surface area contributed by atoms with Crippen LogP contribution in [-0.4, -0.2) is 46.9 Å². The number of thiophene rings is 1. The predicted molar refractivity (Wildman–Crippen MR) is 112 cm³/mol. The van der Waals surface area contributed by atoms with Crippen molar-refractivity contribution in [3.05, 3.63) is 59.2 Å². The number of nitriles is 1. The van der Waals surface area contributed by atoms with E-state index in [0.29, 0.717) is 36.7 Å². The number of alkyl halides is 2. The summed E-state index contributed by atoms with van der Waals surface area (Å²) in [7, 11) is 0. The fourth-order valence-electron chi connectivity index (χ4n) is 3.76. The molecule has 0 spiro atoms. The van der Waals surface area contributed by atoms with Crippen molar-refractivity contribution in [2.75, 3.05) is 31.2 Å². The van der Waals surface area contributed by atoms with Crippen LogP contribution < -0.4 is 4.90 Å². The molecule has 1 fully saturated rings. The van der Waals surface area contributed by atoms with Crippen molar-refractivity contribution in [3.8, 4) is 16.8 Å². The molecule has 2 aromatic heterocycles. The highest BCUT2D eigenvalue weighted by atomic mass is 32.1. The molecule has 3 heterocycles. The number of H-pyrrole nitrogens is 1. The van der Waals surface area contributed by atoms with Crippen LogP contribution in [0.3, 0.4) is 0 Å². The van der Waals surface area contributed by atoms with E-state index in [0.717, 1.165) is 16.7 Å². The third-order valence-electron chi connectivity index (χ3n) is 5.29. The summed E-state index contributed by atoms with van der Waals surface area (Å²) >= 11 is 1.09. The van der Waals surface area contributed by atoms with Gasteiger partial charge in [-0.25, -0.2) is 5.10 Å². The lowest BCUT2D eigenvalue weighted by molar-refractivity contribution is 0.0437. The second kappa shape index (κ2) is 7.68. The first-order chi connectivity index (χ1) is 15.1. The molecule has 10 heteroatoms. The number of hydrogen-bond donors (Lipinski definition) is 1. The van der Waals surface area contributed by atoms with Crippen molar-refractivity contribution in [2.24, 2.45) is 0 Å². The molecule has 5 rings (SSSR count). The van der Waals surface area contributed by atoms with Gasteiger partial charge in [0.15, 0.2) is 5.82 Å². The average Bonchev–Trinajstić information content (AvgIpc) is 3.47. The number of morpholine rings is 1. The third kappa shape index (κ3) is 3.32. The molecule has 7 nitrogen and oxygen atoms in total. The van der Waals surface area contributed by atoms with Gasteiger partial charge in [0.25, 0.3) is 0 Å². The van der Waals surface area contributed by atoms with E-state index in [4.69, 9.17) is 4.74 Å². The molecule has 31 heavy (non-hydrogen) atoms. The number of aromatic nitrogens is 4. The van der Waals surface area contributed by atoms with E-state index in [2.05, 4.69) is 20.6 Å². The zero-order valence-corrected chi connectivity index (χ0v) is 17.0. The van der Waals surface area contributed by atoms with E-state index in [1.807, 2.05) is 23.1 Å². The number of anilines is 1. The summed E-state index contributed by atoms with van der Waals surface area (Å²) in [6.45, 7) is 1.98. The molecule has 0 radical (unpaired) electrons. The zero-order chi connectivity index (χ0) is 21.4. The van der Waals surface area contributed by atoms with Gasteiger partial charge in [0.1, 0.15) is 11.1 Å². The number of rotatable bonds is 4. The Bertz CT molecular complexity index is 1280. The molecule has 0 saturated carbocycles. The van der Waals surface area contributed by atoms with Crippen LogP contribution in [0.1, 0.15) is 16.7 Å². The van der Waals surface area contributed by atoms with Crippen LogP contribution in [0.5, 0.6) is 0 Å². The fraction of sp³-hybridized carbons (Fsp3) is 0.238. The lowest BCUT2D eigenvalue weighted by atomic mass is 9.94. The van der Waals surface area contributed by atoms with E-state index in [-0.39, 0.29) is 27.4 Å². The lowest BCUT2D eigenvalue weighted by Gasteiger charge is -2.28. The second-order valence-corrected chi connectivity index (χ2v) is 8.08. The predicted octanol–water partition coefficient (Wildman–Crippen LogP) is 3.93. The number of ether oxygens (including phenoxy) is 1. The maximum Gasteiger partial charge on any atom is 0.301 e. The zero-order valence-electron chi connectivity index (χ0n) is 16.2. The van der Waals surface area contributed by atoms with E-state index in [9.17, 15) is 5.26 Å². The highest BCUT2D eigenvalue weighted by Crippen LogP contribution is 2.50. The molecule has 0 unspecified atom stereocenters. The number of hydrogen-bond acceptors (Lipinski definition) is 7. The van der Waals surface area contributed by atoms with Crippen LogP contribution in [0.4, 0.5) is 13.8 Å². The molecule has 2 aromatic carbocycles. The quantitative estimate of drug-likeness (QED) is 0.519. The number of fused-ring (bicyclic) bond motifs is 1. The smallest absolute Gasteiger partial charge is 0.301 e. The Hall–Kier alpha value is -3.42. The first kappa shape index (κ1) is 19.5. The molecule has 156 valence electrons. The van der Waals surface area contributed by atoms with Crippen molar-refractivity contribution >= 4 is 27.1 Å². The summed E-state index contributed by atoms with van der Waals surface area (Å²) in [4.78, 5) is 2.06. The van der Waals surface area contributed by atoms with E-state index >= 15 is 8.78 Å². The molecule has 1 aliphatic heterocycles. The van der Waals surface area contributed by atoms with Crippen LogP contribution in [0, 0.1) is 11.3 Å². The van der Waals surface area contributed by atoms with Gasteiger partial charge in [-0.15, -0.1) is 16.4 Å². The van der Waals surface area contributed by atoms with Gasteiger partial charge >= 0.3 is 5.92 Å². The minimum absolute atomic E-state index is 0.0588. The third-order valence-corrected chi connectivity index (χ3v) is 6.54. The number of aromatic amines is 1. The summed E-state index contributed by atoms with van der Waals surface area (Å²) < 4.78 is 37.4. The van der Waals surface area contributed by atoms with Gasteiger partial charge in [0.05, 0.1) is 29.2 Å². The lowest BCUT2D eigenvalue weighted by Crippen LogP contribution is -2.36. The highest BCUT2D eigenvalue weighted by molar-refractivity contribution is 7.19. The molecule has 1 saturated heterocycles. The molecule has 0 bridgehead atoms. The summed E-state index contributed by atoms with van der Waals surface area (Å²) in [5, 5.41) is 25.5. The number of tetrazole rings is 1. The van der Waals surface area contributed by atoms with Gasteiger partial charge in [0, 0.05) is 18.7 Å². The van der Waals surface area contributed by atoms with Gasteiger partial charge in [-0.2, -0.15) is 14.0 Å². The second-order valence-electron chi connectivity index (χ2n) is 7.08. The van der Waals surface area contributed by atoms with Crippen LogP contribution in [-0.2, 0) is 10.7 Å². The molecule has 0 amide bonds. The van der Waals surface area contributed by atoms with Gasteiger partial charge in [0.2, 0.25) is 0 Å². The van der Waals surface area contributed by atoms with Crippen molar-refractivity contribution in [1.82, 2.24) is 20.6 Å². The number of nitrogens with zero attached hydrogens (tertiary/aromatic N) is 5. The van der Waals surface area contributed by atoms with Crippen LogP contribution in [0.15, 0.2) is 42.5 Å². The first-order valence-corrected chi connectivity index (χ1v) is 10.4.